The Balaban J connectivity index is 2.04. The summed E-state index contributed by atoms with van der Waals surface area (Å²) >= 11 is 1.36. The highest BCUT2D eigenvalue weighted by atomic mass is 32.1. The molecule has 22 heavy (non-hydrogen) atoms. The summed E-state index contributed by atoms with van der Waals surface area (Å²) in [5.41, 5.74) is 0.806. The van der Waals surface area contributed by atoms with Crippen LogP contribution in [0.4, 0.5) is 0 Å². The van der Waals surface area contributed by atoms with E-state index < -0.39 is 5.97 Å². The molecular weight excluding hydrogens is 304 g/mol. The number of carbonyl (C=O) groups excluding carboxylic acids is 1. The number of carboxylic acids is 1. The minimum absolute atomic E-state index is 0.140. The van der Waals surface area contributed by atoms with Crippen molar-refractivity contribution in [2.45, 2.75) is 33.7 Å². The van der Waals surface area contributed by atoms with Crippen LogP contribution in [0.3, 0.4) is 0 Å². The third-order valence-corrected chi connectivity index (χ3v) is 3.92. The quantitative estimate of drug-likeness (QED) is 0.853. The van der Waals surface area contributed by atoms with Crippen LogP contribution in [0.15, 0.2) is 16.5 Å². The number of thiazole rings is 1. The van der Waals surface area contributed by atoms with Crippen LogP contribution >= 0.6 is 11.3 Å². The van der Waals surface area contributed by atoms with Gasteiger partial charge in [0, 0.05) is 0 Å². The van der Waals surface area contributed by atoms with Crippen LogP contribution in [-0.4, -0.2) is 22.0 Å². The summed E-state index contributed by atoms with van der Waals surface area (Å²) in [5, 5.41) is 12.4. The largest absolute Gasteiger partial charge is 0.475 e. The lowest BCUT2D eigenvalue weighted by Crippen LogP contribution is -2.23. The molecule has 1 amide bonds. The zero-order valence-corrected chi connectivity index (χ0v) is 13.5. The Hall–Kier alpha value is -2.15. The number of rotatable bonds is 6. The summed E-state index contributed by atoms with van der Waals surface area (Å²) in [5.74, 6) is -0.670. The van der Waals surface area contributed by atoms with Crippen molar-refractivity contribution in [1.29, 1.82) is 0 Å². The fourth-order valence-electron chi connectivity index (χ4n) is 2.01. The zero-order valence-electron chi connectivity index (χ0n) is 12.7. The van der Waals surface area contributed by atoms with E-state index in [4.69, 9.17) is 9.52 Å². The van der Waals surface area contributed by atoms with Crippen molar-refractivity contribution in [3.05, 3.63) is 39.2 Å². The van der Waals surface area contributed by atoms with E-state index in [1.165, 1.54) is 23.5 Å². The fourth-order valence-corrected chi connectivity index (χ4v) is 2.87. The molecule has 2 N–H and O–H groups in total. The second-order valence-electron chi connectivity index (χ2n) is 5.36. The first-order valence-corrected chi connectivity index (χ1v) is 7.75. The Morgan fingerprint density at radius 2 is 2.14 bits per heavy atom. The van der Waals surface area contributed by atoms with Gasteiger partial charge < -0.3 is 14.8 Å². The molecule has 0 saturated heterocycles. The Bertz CT molecular complexity index is 688. The summed E-state index contributed by atoms with van der Waals surface area (Å²) in [6.07, 6.45) is 0.747. The molecule has 6 nitrogen and oxygen atoms in total. The van der Waals surface area contributed by atoms with E-state index in [0.29, 0.717) is 16.6 Å². The number of carboxylic acid groups (broad SMARTS) is 1. The second kappa shape index (κ2) is 6.74. The SMILES string of the molecule is Cc1nc(CC(C)C)c(C(=O)NCc2ccc(C(=O)O)o2)s1. The number of carbonyl (C=O) groups is 2. The van der Waals surface area contributed by atoms with Crippen molar-refractivity contribution >= 4 is 23.2 Å². The van der Waals surface area contributed by atoms with Gasteiger partial charge >= 0.3 is 5.97 Å². The van der Waals surface area contributed by atoms with E-state index in [0.717, 1.165) is 17.1 Å². The van der Waals surface area contributed by atoms with E-state index in [1.807, 2.05) is 6.92 Å². The molecule has 0 radical (unpaired) electrons. The van der Waals surface area contributed by atoms with Crippen LogP contribution in [0.2, 0.25) is 0 Å². The molecule has 0 aliphatic rings. The number of nitrogens with zero attached hydrogens (tertiary/aromatic N) is 1. The van der Waals surface area contributed by atoms with Crippen LogP contribution in [0.25, 0.3) is 0 Å². The highest BCUT2D eigenvalue weighted by Gasteiger charge is 2.18. The Kier molecular flexibility index (Phi) is 4.97. The van der Waals surface area contributed by atoms with E-state index in [-0.39, 0.29) is 18.2 Å². The van der Waals surface area contributed by atoms with Gasteiger partial charge in [-0.3, -0.25) is 4.79 Å². The predicted octanol–water partition coefficient (Wildman–Crippen LogP) is 2.87. The topological polar surface area (TPSA) is 92.4 Å². The smallest absolute Gasteiger partial charge is 0.371 e. The van der Waals surface area contributed by atoms with Crippen molar-refractivity contribution in [3.63, 3.8) is 0 Å². The van der Waals surface area contributed by atoms with Gasteiger partial charge in [-0.2, -0.15) is 0 Å². The molecule has 2 aromatic rings. The molecule has 0 aromatic carbocycles. The number of hydrogen-bond donors (Lipinski definition) is 2. The lowest BCUT2D eigenvalue weighted by Gasteiger charge is -2.05. The molecule has 7 heteroatoms. The monoisotopic (exact) mass is 322 g/mol. The predicted molar refractivity (Wildman–Crippen MR) is 82.2 cm³/mol. The van der Waals surface area contributed by atoms with Gasteiger partial charge in [-0.25, -0.2) is 9.78 Å². The van der Waals surface area contributed by atoms with Crippen LogP contribution in [0, 0.1) is 12.8 Å². The first-order valence-electron chi connectivity index (χ1n) is 6.93. The van der Waals surface area contributed by atoms with E-state index >= 15 is 0 Å². The standard InChI is InChI=1S/C15H18N2O4S/c1-8(2)6-11-13(22-9(3)17-11)14(18)16-7-10-4-5-12(21-10)15(19)20/h4-5,8H,6-7H2,1-3H3,(H,16,18)(H,19,20). The molecule has 118 valence electrons. The number of furan rings is 1. The maximum Gasteiger partial charge on any atom is 0.371 e. The highest BCUT2D eigenvalue weighted by molar-refractivity contribution is 7.13. The molecule has 0 unspecified atom stereocenters. The van der Waals surface area contributed by atoms with Gasteiger partial charge in [0.1, 0.15) is 10.6 Å². The number of amides is 1. The number of aromatic carboxylic acids is 1. The van der Waals surface area contributed by atoms with Crippen LogP contribution < -0.4 is 5.32 Å². The Labute approximate surface area is 132 Å². The van der Waals surface area contributed by atoms with Gasteiger partial charge in [-0.15, -0.1) is 11.3 Å². The molecule has 2 aromatic heterocycles. The average molecular weight is 322 g/mol. The van der Waals surface area contributed by atoms with Crippen molar-refractivity contribution in [2.24, 2.45) is 5.92 Å². The molecule has 0 aliphatic carbocycles. The van der Waals surface area contributed by atoms with Crippen molar-refractivity contribution in [1.82, 2.24) is 10.3 Å². The van der Waals surface area contributed by atoms with Gasteiger partial charge in [0.25, 0.3) is 5.91 Å². The fraction of sp³-hybridized carbons (Fsp3) is 0.400. The normalized spacial score (nSPS) is 10.9. The Morgan fingerprint density at radius 3 is 2.73 bits per heavy atom. The number of aromatic nitrogens is 1. The van der Waals surface area contributed by atoms with Crippen molar-refractivity contribution in [2.75, 3.05) is 0 Å². The third kappa shape index (κ3) is 3.94. The van der Waals surface area contributed by atoms with Gasteiger partial charge in [0.05, 0.1) is 17.2 Å². The molecule has 0 atom stereocenters. The maximum atomic E-state index is 12.3. The molecule has 2 heterocycles. The van der Waals surface area contributed by atoms with E-state index in [2.05, 4.69) is 24.1 Å². The molecule has 0 spiro atoms. The van der Waals surface area contributed by atoms with E-state index in [9.17, 15) is 9.59 Å². The van der Waals surface area contributed by atoms with Crippen molar-refractivity contribution < 1.29 is 19.1 Å². The molecule has 0 aliphatic heterocycles. The molecule has 0 fully saturated rings. The number of nitrogens with one attached hydrogen (secondary N) is 1. The van der Waals surface area contributed by atoms with Gasteiger partial charge in [-0.05, 0) is 31.4 Å². The summed E-state index contributed by atoms with van der Waals surface area (Å²) in [6.45, 7) is 6.17. The number of aryl methyl sites for hydroxylation is 1. The van der Waals surface area contributed by atoms with Gasteiger partial charge in [-0.1, -0.05) is 13.8 Å². The maximum absolute atomic E-state index is 12.3. The third-order valence-electron chi connectivity index (χ3n) is 2.91. The minimum Gasteiger partial charge on any atom is -0.475 e. The first-order chi connectivity index (χ1) is 10.4. The van der Waals surface area contributed by atoms with Gasteiger partial charge in [0.15, 0.2) is 0 Å². The van der Waals surface area contributed by atoms with E-state index in [1.54, 1.807) is 0 Å². The lowest BCUT2D eigenvalue weighted by molar-refractivity contribution is 0.0660. The van der Waals surface area contributed by atoms with Crippen molar-refractivity contribution in [3.8, 4) is 0 Å². The minimum atomic E-state index is -1.13. The second-order valence-corrected chi connectivity index (χ2v) is 6.56. The molecule has 0 saturated carbocycles. The highest BCUT2D eigenvalue weighted by Crippen LogP contribution is 2.21. The van der Waals surface area contributed by atoms with Crippen LogP contribution in [-0.2, 0) is 13.0 Å². The summed E-state index contributed by atoms with van der Waals surface area (Å²) in [7, 11) is 0. The summed E-state index contributed by atoms with van der Waals surface area (Å²) in [4.78, 5) is 28.0. The first kappa shape index (κ1) is 16.2. The Morgan fingerprint density at radius 1 is 1.41 bits per heavy atom. The van der Waals surface area contributed by atoms with Crippen LogP contribution in [0.1, 0.15) is 50.5 Å². The average Bonchev–Trinajstić information content (AvgIpc) is 3.02. The lowest BCUT2D eigenvalue weighted by atomic mass is 10.1. The zero-order chi connectivity index (χ0) is 16.3. The molecule has 0 bridgehead atoms. The molecular formula is C15H18N2O4S. The summed E-state index contributed by atoms with van der Waals surface area (Å²) < 4.78 is 5.10. The molecule has 2 rings (SSSR count). The van der Waals surface area contributed by atoms with Crippen LogP contribution in [0.5, 0.6) is 0 Å². The number of hydrogen-bond acceptors (Lipinski definition) is 5. The summed E-state index contributed by atoms with van der Waals surface area (Å²) in [6, 6.07) is 2.90. The van der Waals surface area contributed by atoms with Gasteiger partial charge in [0.2, 0.25) is 5.76 Å².